The number of nitrogens with two attached hydrogens (primary N) is 2. The Morgan fingerprint density at radius 3 is 1.10 bits per heavy atom. The van der Waals surface area contributed by atoms with Crippen LogP contribution in [0.2, 0.25) is 0 Å². The fraction of sp³-hybridized carbons (Fsp3) is 0.458. The van der Waals surface area contributed by atoms with Gasteiger partial charge in [-0.3, -0.25) is 33.6 Å². The predicted molar refractivity (Wildman–Crippen MR) is 491 cm³/mol. The quantitative estimate of drug-likeness (QED) is 0.0197. The summed E-state index contributed by atoms with van der Waals surface area (Å²) in [5, 5.41) is 85.8. The number of Topliss-reactive ketones (excluding diaryl/α,β-unsaturated/α-hetero) is 3. The van der Waals surface area contributed by atoms with Gasteiger partial charge < -0.3 is 85.5 Å². The van der Waals surface area contributed by atoms with E-state index in [-0.39, 0.29) is 61.6 Å². The van der Waals surface area contributed by atoms with Gasteiger partial charge in [-0.1, -0.05) is 124 Å². The molecule has 137 heavy (non-hydrogen) atoms. The largest absolute Gasteiger partial charge is 0.423 e. The Kier molecular flexibility index (Phi) is 25.9. The average molecular weight is 1890 g/mol. The highest BCUT2D eigenvalue weighted by molar-refractivity contribution is 6.03. The van der Waals surface area contributed by atoms with E-state index in [2.05, 4.69) is 0 Å². The number of aryl methyl sites for hydroxylation is 1. The summed E-state index contributed by atoms with van der Waals surface area (Å²) in [7, 11) is 0. The minimum absolute atomic E-state index is 0. The number of rotatable bonds is 15. The smallest absolute Gasteiger partial charge is 0.343 e. The number of hydrogen-bond acceptors (Lipinski definition) is 27. The highest BCUT2D eigenvalue weighted by Gasteiger charge is 2.83. The first-order valence-electron chi connectivity index (χ1n) is 46.0. The molecule has 2 heterocycles. The highest BCUT2D eigenvalue weighted by Crippen LogP contribution is 2.76. The van der Waals surface area contributed by atoms with Gasteiger partial charge in [0.25, 0.3) is 0 Å². The molecule has 9 saturated carbocycles. The van der Waals surface area contributed by atoms with Gasteiger partial charge in [0.2, 0.25) is 0 Å². The maximum Gasteiger partial charge on any atom is 0.343 e. The molecule has 12 N–H and O–H groups in total. The molecule has 0 radical (unpaired) electrons. The van der Waals surface area contributed by atoms with E-state index in [1.54, 1.807) is 173 Å². The Hall–Kier alpha value is -11.2. The third kappa shape index (κ3) is 15.1. The molecule has 27 nitrogen and oxygen atoms in total. The summed E-state index contributed by atoms with van der Waals surface area (Å²) in [4.78, 5) is 124. The number of aliphatic hydroxyl groups is 8. The van der Waals surface area contributed by atoms with E-state index in [4.69, 9.17) is 44.6 Å². The number of benzene rings is 6. The molecule has 26 atom stereocenters. The van der Waals surface area contributed by atoms with Crippen molar-refractivity contribution in [3.05, 3.63) is 256 Å². The summed E-state index contributed by atoms with van der Waals surface area (Å²) >= 11 is 0. The first kappa shape index (κ1) is 98.8. The molecule has 0 spiro atoms. The molecule has 20 rings (SSSR count). The van der Waals surface area contributed by atoms with Gasteiger partial charge in [-0.15, -0.1) is 0 Å². The molecule has 14 aliphatic rings. The van der Waals surface area contributed by atoms with E-state index in [0.29, 0.717) is 119 Å². The van der Waals surface area contributed by atoms with E-state index in [1.165, 1.54) is 42.5 Å². The number of allylic oxidation sites excluding steroid dienone is 12. The Bertz CT molecular complexity index is 5830. The molecule has 12 aliphatic carbocycles. The zero-order valence-electron chi connectivity index (χ0n) is 76.1. The van der Waals surface area contributed by atoms with Crippen molar-refractivity contribution in [3.8, 4) is 17.2 Å². The average Bonchev–Trinajstić information content (AvgIpc) is 1.51. The maximum absolute atomic E-state index is 17.5. The second-order valence-electron chi connectivity index (χ2n) is 40.3. The fourth-order valence-electron chi connectivity index (χ4n) is 26.9. The number of carbonyl (C=O) groups is 10. The SMILES string of the molecule is C.C[C@]12C=CC(=O)C=C1CC[C@H]1[C@@H]3C[C@@H](O)[C@](O)(C(=O)CO)[C@@]3(C)C[C@H](O)[C@@]12F.C[C@]12C=CC(=O)C=C1CC[C@H]1[C@@H]3C[C@H]4O[C@@H](c5ccc(C(=O)Oc6cccc(N)c6)cc5)O[C@@]4(C(=O)CO)[C@@]3(C)C[C@H](O)[C@@]12F.C[C@]12C=CC(=O)C=C1CC[C@H]1[C@@H]3C[C@H]4O[C@H](c5ccc(C(=O)Oc6cccc(N)c6)cc5)O[C@@]4(C(=O)CO)[C@@]3(C)C[C@H](O)[C@@]12F.Cc1cccc(OC(=O)c2ccc(C=O)cc2)c1. The minimum atomic E-state index is -2.23. The molecule has 6 aromatic rings. The lowest BCUT2D eigenvalue weighted by Crippen LogP contribution is -2.69. The summed E-state index contributed by atoms with van der Waals surface area (Å²) in [6.45, 7) is 9.80. The van der Waals surface area contributed by atoms with Gasteiger partial charge in [0.1, 0.15) is 43.4 Å². The lowest BCUT2D eigenvalue weighted by molar-refractivity contribution is -0.231. The van der Waals surface area contributed by atoms with Gasteiger partial charge in [-0.25, -0.2) is 27.6 Å². The predicted octanol–water partition coefficient (Wildman–Crippen LogP) is 12.6. The molecule has 0 bridgehead atoms. The summed E-state index contributed by atoms with van der Waals surface area (Å²) in [6.07, 6.45) is 7.18. The van der Waals surface area contributed by atoms with E-state index >= 15 is 13.2 Å². The molecular weight excluding hydrogens is 1770 g/mol. The van der Waals surface area contributed by atoms with E-state index in [0.717, 1.165) is 11.8 Å². The summed E-state index contributed by atoms with van der Waals surface area (Å²) in [6, 6.07) is 39.5. The second kappa shape index (κ2) is 35.9. The Morgan fingerprint density at radius 1 is 0.438 bits per heavy atom. The van der Waals surface area contributed by atoms with Crippen LogP contribution in [0.1, 0.15) is 197 Å². The second-order valence-corrected chi connectivity index (χ2v) is 40.3. The van der Waals surface area contributed by atoms with Crippen LogP contribution in [0.25, 0.3) is 0 Å². The number of hydrogen-bond donors (Lipinski definition) is 10. The first-order chi connectivity index (χ1) is 64.4. The first-order valence-corrected chi connectivity index (χ1v) is 46.0. The third-order valence-corrected chi connectivity index (χ3v) is 33.8. The normalized spacial score (nSPS) is 38.1. The number of halogens is 3. The number of ketones is 6. The lowest BCUT2D eigenvalue weighted by atomic mass is 9.44. The molecule has 0 unspecified atom stereocenters. The van der Waals surface area contributed by atoms with Gasteiger partial charge in [-0.05, 0) is 237 Å². The van der Waals surface area contributed by atoms with Crippen molar-refractivity contribution < 1.29 is 135 Å². The molecule has 0 amide bonds. The van der Waals surface area contributed by atoms with Crippen LogP contribution in [0.4, 0.5) is 24.5 Å². The van der Waals surface area contributed by atoms with Gasteiger partial charge in [0.15, 0.2) is 81.1 Å². The summed E-state index contributed by atoms with van der Waals surface area (Å²) < 4.78 is 93.8. The van der Waals surface area contributed by atoms with Crippen LogP contribution < -0.4 is 25.7 Å². The van der Waals surface area contributed by atoms with Crippen molar-refractivity contribution in [3.63, 3.8) is 0 Å². The van der Waals surface area contributed by atoms with Crippen molar-refractivity contribution in [1.82, 2.24) is 0 Å². The molecular formula is C107H115F3N2O25. The van der Waals surface area contributed by atoms with E-state index in [1.807, 2.05) is 32.9 Å². The maximum atomic E-state index is 17.5. The zero-order valence-corrected chi connectivity index (χ0v) is 76.1. The monoisotopic (exact) mass is 1880 g/mol. The number of aliphatic hydroxyl groups excluding tert-OH is 7. The van der Waals surface area contributed by atoms with Crippen molar-refractivity contribution in [2.45, 2.75) is 216 Å². The Morgan fingerprint density at radius 2 is 0.766 bits per heavy atom. The number of aldehydes is 1. The Labute approximate surface area is 789 Å². The number of anilines is 2. The van der Waals surface area contributed by atoms with E-state index < -0.39 is 206 Å². The fourth-order valence-corrected chi connectivity index (χ4v) is 26.9. The molecule has 2 aliphatic heterocycles. The molecule has 30 heteroatoms. The minimum Gasteiger partial charge on any atom is -0.423 e. The summed E-state index contributed by atoms with van der Waals surface area (Å²) in [5.74, 6) is -6.47. The molecule has 6 aromatic carbocycles. The van der Waals surface area contributed by atoms with Gasteiger partial charge >= 0.3 is 17.9 Å². The van der Waals surface area contributed by atoms with Crippen LogP contribution >= 0.6 is 0 Å². The van der Waals surface area contributed by atoms with Crippen molar-refractivity contribution in [1.29, 1.82) is 0 Å². The van der Waals surface area contributed by atoms with Crippen molar-refractivity contribution >= 4 is 70.3 Å². The van der Waals surface area contributed by atoms with Crippen molar-refractivity contribution in [2.75, 3.05) is 31.3 Å². The Balaban J connectivity index is 0.000000139. The number of esters is 3. The molecule has 11 fully saturated rings. The van der Waals surface area contributed by atoms with Gasteiger partial charge in [0.05, 0.1) is 53.3 Å². The van der Waals surface area contributed by atoms with E-state index in [9.17, 15) is 88.8 Å². The highest BCUT2D eigenvalue weighted by atomic mass is 19.2. The van der Waals surface area contributed by atoms with Crippen LogP contribution in [0.15, 0.2) is 217 Å². The van der Waals surface area contributed by atoms with Gasteiger partial charge in [-0.2, -0.15) is 0 Å². The number of alkyl halides is 3. The molecule has 724 valence electrons. The molecule has 2 saturated heterocycles. The topological polar surface area (TPSA) is 449 Å². The van der Waals surface area contributed by atoms with Crippen LogP contribution in [0.3, 0.4) is 0 Å². The van der Waals surface area contributed by atoms with Gasteiger partial charge in [0, 0.05) is 90.4 Å². The standard InChI is InChI=1S/2C35H36FNO8.C21H27FO6.C15H12O3.CH4/c2*1-32-13-12-23(39)14-21(32)10-11-25-26-16-29-35(28(41)18-38,33(26,2)17-27(40)34(25,32)36)45-31(44-29)20-8-6-19(7-9-20)30(42)43-24-5-3-4-22(37)15-24;1-18-6-5-12(24)7-11(18)3-4-13-14-8-15(25)21(28,17(27)10-23)19(14,2)9-16(26)20(13,18)22;1-11-3-2-4-14(9-11)18-15(17)13-7-5-12(10-16)6-8-13;/h2*3-9,12-15,25-27,29,31,38,40H,10-11,16-18,37H2,1-2H3;5-7,13-16,23,25-26,28H,3-4,8-10H2,1-2H3;2-10H,1H3;1H4/t25-,26-,27-,29+,31+,32-,33-,34-,35+;25-,26-,27-,29+,31-,32-,33-,34-,35+;13-,14-,15+,16-,18-,19-,20-,21-;;/m000../s1. The summed E-state index contributed by atoms with van der Waals surface area (Å²) in [5.41, 5.74) is -0.551. The lowest BCUT2D eigenvalue weighted by Gasteiger charge is -2.62. The number of nitrogen functional groups attached to an aromatic ring is 2. The number of carbonyl (C=O) groups excluding carboxylic acids is 10. The zero-order chi connectivity index (χ0) is 97.5. The third-order valence-electron chi connectivity index (χ3n) is 33.8. The van der Waals surface area contributed by atoms with Crippen molar-refractivity contribution in [2.24, 2.45) is 68.0 Å². The number of fused-ring (bicyclic) bond motifs is 19. The van der Waals surface area contributed by atoms with Crippen LogP contribution in [0.5, 0.6) is 17.2 Å². The number of ether oxygens (including phenoxy) is 7. The van der Waals surface area contributed by atoms with Crippen LogP contribution in [0, 0.1) is 74.9 Å². The molecule has 0 aromatic heterocycles. The van der Waals surface area contributed by atoms with Crippen LogP contribution in [-0.2, 0) is 47.7 Å². The van der Waals surface area contributed by atoms with Crippen LogP contribution in [-0.4, -0.2) is 190 Å².